The highest BCUT2D eigenvalue weighted by Gasteiger charge is 2.39. The van der Waals surface area contributed by atoms with Crippen molar-refractivity contribution in [2.24, 2.45) is 11.3 Å². The molecular formula is C29H39N3O2. The average molecular weight is 462 g/mol. The number of hydrogen-bond acceptors (Lipinski definition) is 4. The molecule has 1 aliphatic carbocycles. The van der Waals surface area contributed by atoms with Gasteiger partial charge in [0.15, 0.2) is 0 Å². The third kappa shape index (κ3) is 5.08. The Morgan fingerprint density at radius 3 is 2.56 bits per heavy atom. The van der Waals surface area contributed by atoms with Crippen molar-refractivity contribution in [3.63, 3.8) is 0 Å². The van der Waals surface area contributed by atoms with E-state index in [1.807, 2.05) is 25.7 Å². The van der Waals surface area contributed by atoms with Crippen molar-refractivity contribution in [2.75, 3.05) is 25.0 Å². The van der Waals surface area contributed by atoms with Crippen LogP contribution in [0.1, 0.15) is 70.4 Å². The number of carbonyl (C=O) groups excluding carboxylic acids is 1. The summed E-state index contributed by atoms with van der Waals surface area (Å²) in [4.78, 5) is 19.2. The zero-order valence-electron chi connectivity index (χ0n) is 21.0. The Labute approximate surface area is 204 Å². The Kier molecular flexibility index (Phi) is 6.30. The Hall–Kier alpha value is -2.56. The topological polar surface area (TPSA) is 54.5 Å². The summed E-state index contributed by atoms with van der Waals surface area (Å²) in [5.74, 6) is 0.743. The van der Waals surface area contributed by atoms with Crippen molar-refractivity contribution in [3.8, 4) is 11.3 Å². The molecule has 0 bridgehead atoms. The maximum absolute atomic E-state index is 12.4. The van der Waals surface area contributed by atoms with Gasteiger partial charge in [-0.25, -0.2) is 4.79 Å². The van der Waals surface area contributed by atoms with Crippen molar-refractivity contribution < 1.29 is 9.53 Å². The average Bonchev–Trinajstić information content (AvgIpc) is 3.30. The number of hydrogen-bond donors (Lipinski definition) is 1. The summed E-state index contributed by atoms with van der Waals surface area (Å²) in [6.07, 6.45) is 11.5. The van der Waals surface area contributed by atoms with Gasteiger partial charge in [0, 0.05) is 37.1 Å². The number of carbonyl (C=O) groups is 1. The fourth-order valence-corrected chi connectivity index (χ4v) is 6.11. The monoisotopic (exact) mass is 461 g/mol. The fraction of sp³-hybridized carbons (Fsp3) is 0.586. The molecule has 5 nitrogen and oxygen atoms in total. The van der Waals surface area contributed by atoms with Gasteiger partial charge in [0.05, 0.1) is 5.69 Å². The smallest absolute Gasteiger partial charge is 0.410 e. The van der Waals surface area contributed by atoms with E-state index in [0.29, 0.717) is 5.41 Å². The third-order valence-corrected chi connectivity index (χ3v) is 8.13. The van der Waals surface area contributed by atoms with Crippen molar-refractivity contribution >= 4 is 11.8 Å². The number of rotatable bonds is 3. The molecule has 1 N–H and O–H groups in total. The lowest BCUT2D eigenvalue weighted by Gasteiger charge is -2.46. The van der Waals surface area contributed by atoms with Gasteiger partial charge in [-0.05, 0) is 107 Å². The number of benzene rings is 1. The minimum absolute atomic E-state index is 0.149. The predicted octanol–water partition coefficient (Wildman–Crippen LogP) is 6.47. The van der Waals surface area contributed by atoms with Crippen LogP contribution < -0.4 is 5.32 Å². The van der Waals surface area contributed by atoms with Gasteiger partial charge in [-0.15, -0.1) is 0 Å². The van der Waals surface area contributed by atoms with Gasteiger partial charge in [0.1, 0.15) is 5.60 Å². The summed E-state index contributed by atoms with van der Waals surface area (Å²) < 4.78 is 5.57. The molecule has 0 unspecified atom stereocenters. The first-order valence-electron chi connectivity index (χ1n) is 13.1. The molecule has 182 valence electrons. The maximum atomic E-state index is 12.4. The first-order valence-corrected chi connectivity index (χ1v) is 13.1. The molecule has 1 saturated heterocycles. The van der Waals surface area contributed by atoms with Crippen molar-refractivity contribution in [1.82, 2.24) is 9.88 Å². The number of likely N-dealkylation sites (tertiary alicyclic amines) is 1. The molecule has 5 heteroatoms. The van der Waals surface area contributed by atoms with Crippen molar-refractivity contribution in [2.45, 2.75) is 77.7 Å². The van der Waals surface area contributed by atoms with E-state index in [9.17, 15) is 4.79 Å². The quantitative estimate of drug-likeness (QED) is 0.569. The van der Waals surface area contributed by atoms with E-state index in [-0.39, 0.29) is 6.09 Å². The van der Waals surface area contributed by atoms with Gasteiger partial charge in [-0.3, -0.25) is 4.98 Å². The lowest BCUT2D eigenvalue weighted by Crippen LogP contribution is -2.46. The van der Waals surface area contributed by atoms with Crippen LogP contribution in [0.3, 0.4) is 0 Å². The molecule has 5 rings (SSSR count). The number of fused-ring (bicyclic) bond motifs is 1. The molecule has 1 aromatic heterocycles. The predicted molar refractivity (Wildman–Crippen MR) is 137 cm³/mol. The van der Waals surface area contributed by atoms with Crippen LogP contribution in [-0.4, -0.2) is 41.2 Å². The zero-order valence-corrected chi connectivity index (χ0v) is 21.0. The molecule has 34 heavy (non-hydrogen) atoms. The number of ether oxygens (including phenoxy) is 1. The van der Waals surface area contributed by atoms with E-state index in [4.69, 9.17) is 9.72 Å². The van der Waals surface area contributed by atoms with Crippen LogP contribution in [0.25, 0.3) is 11.3 Å². The molecule has 1 aromatic carbocycles. The van der Waals surface area contributed by atoms with Gasteiger partial charge in [0.25, 0.3) is 0 Å². The summed E-state index contributed by atoms with van der Waals surface area (Å²) in [6, 6.07) is 11.0. The Bertz CT molecular complexity index is 1010. The van der Waals surface area contributed by atoms with Crippen LogP contribution in [0.5, 0.6) is 0 Å². The van der Waals surface area contributed by atoms with Crippen LogP contribution in [0.4, 0.5) is 10.5 Å². The second kappa shape index (κ2) is 9.24. The summed E-state index contributed by atoms with van der Waals surface area (Å²) in [5, 5.41) is 3.46. The van der Waals surface area contributed by atoms with Crippen molar-refractivity contribution in [3.05, 3.63) is 47.7 Å². The number of pyridine rings is 1. The molecule has 1 saturated carbocycles. The minimum Gasteiger partial charge on any atom is -0.444 e. The number of piperidine rings is 1. The number of anilines is 1. The molecule has 0 radical (unpaired) electrons. The molecule has 1 spiro atoms. The molecular weight excluding hydrogens is 422 g/mol. The highest BCUT2D eigenvalue weighted by atomic mass is 16.6. The molecule has 0 atom stereocenters. The van der Waals surface area contributed by atoms with Crippen LogP contribution >= 0.6 is 0 Å². The van der Waals surface area contributed by atoms with Crippen LogP contribution in [0.15, 0.2) is 36.5 Å². The Morgan fingerprint density at radius 2 is 1.88 bits per heavy atom. The number of nitrogens with one attached hydrogen (secondary N) is 1. The first-order chi connectivity index (χ1) is 16.3. The second-order valence-corrected chi connectivity index (χ2v) is 11.7. The van der Waals surface area contributed by atoms with Crippen LogP contribution in [0, 0.1) is 11.3 Å². The first kappa shape index (κ1) is 23.2. The summed E-state index contributed by atoms with van der Waals surface area (Å²) >= 11 is 0. The molecule has 2 aromatic rings. The van der Waals surface area contributed by atoms with Gasteiger partial charge < -0.3 is 15.0 Å². The van der Waals surface area contributed by atoms with Crippen molar-refractivity contribution in [1.29, 1.82) is 0 Å². The van der Waals surface area contributed by atoms with E-state index < -0.39 is 5.60 Å². The lowest BCUT2D eigenvalue weighted by molar-refractivity contribution is 0.00143. The normalized spacial score (nSPS) is 20.1. The maximum Gasteiger partial charge on any atom is 0.410 e. The van der Waals surface area contributed by atoms with Crippen LogP contribution in [-0.2, 0) is 17.6 Å². The second-order valence-electron chi connectivity index (χ2n) is 11.7. The number of aromatic nitrogens is 1. The zero-order chi connectivity index (χ0) is 23.8. The highest BCUT2D eigenvalue weighted by molar-refractivity contribution is 5.73. The summed E-state index contributed by atoms with van der Waals surface area (Å²) in [7, 11) is 0. The molecule has 1 amide bonds. The van der Waals surface area contributed by atoms with Gasteiger partial charge >= 0.3 is 6.09 Å². The number of amides is 1. The fourth-order valence-electron chi connectivity index (χ4n) is 6.11. The van der Waals surface area contributed by atoms with Crippen LogP contribution in [0.2, 0.25) is 0 Å². The van der Waals surface area contributed by atoms with E-state index in [1.54, 1.807) is 0 Å². The molecule has 3 aliphatic rings. The number of nitrogens with zero attached hydrogens (tertiary/aromatic N) is 2. The summed E-state index contributed by atoms with van der Waals surface area (Å²) in [6.45, 7) is 8.50. The lowest BCUT2D eigenvalue weighted by atomic mass is 9.65. The van der Waals surface area contributed by atoms with E-state index in [2.05, 4.69) is 41.8 Å². The SMILES string of the molecule is CC(C)(C)OC(=O)N1CCC2(CCC(Cc3ccc(-c4cccc5c4CCN5)nc3)CC2)CC1. The van der Waals surface area contributed by atoms with E-state index >= 15 is 0 Å². The van der Waals surface area contributed by atoms with Gasteiger partial charge in [-0.2, -0.15) is 0 Å². The third-order valence-electron chi connectivity index (χ3n) is 8.13. The van der Waals surface area contributed by atoms with E-state index in [1.165, 1.54) is 48.1 Å². The largest absolute Gasteiger partial charge is 0.444 e. The minimum atomic E-state index is -0.421. The highest BCUT2D eigenvalue weighted by Crippen LogP contribution is 2.47. The standard InChI is InChI=1S/C29H39N3O2/c1-28(2,3)34-27(33)32-17-14-29(15-18-32)12-9-21(10-13-29)19-22-7-8-26(31-20-22)23-5-4-6-25-24(23)11-16-30-25/h4-8,20-21,30H,9-19H2,1-3H3. The van der Waals surface area contributed by atoms with Gasteiger partial charge in [0.2, 0.25) is 0 Å². The molecule has 2 fully saturated rings. The summed E-state index contributed by atoms with van der Waals surface area (Å²) in [5.41, 5.74) is 6.38. The Balaban J connectivity index is 1.13. The molecule has 3 heterocycles. The van der Waals surface area contributed by atoms with Gasteiger partial charge in [-0.1, -0.05) is 18.2 Å². The van der Waals surface area contributed by atoms with E-state index in [0.717, 1.165) is 56.9 Å². The molecule has 2 aliphatic heterocycles. The Morgan fingerprint density at radius 1 is 1.12 bits per heavy atom.